The van der Waals surface area contributed by atoms with Crippen molar-refractivity contribution in [3.63, 3.8) is 0 Å². The maximum absolute atomic E-state index is 13.6. The summed E-state index contributed by atoms with van der Waals surface area (Å²) in [6, 6.07) is 7.61. The third-order valence-electron chi connectivity index (χ3n) is 8.90. The number of hydrogen-bond donors (Lipinski definition) is 2. The summed E-state index contributed by atoms with van der Waals surface area (Å²) in [6.45, 7) is 5.11. The summed E-state index contributed by atoms with van der Waals surface area (Å²) in [7, 11) is 1.98. The van der Waals surface area contributed by atoms with E-state index in [1.165, 1.54) is 16.8 Å². The Balaban J connectivity index is 1.17. The minimum atomic E-state index is -3.04. The maximum Gasteiger partial charge on any atom is 0.387 e. The minimum Gasteiger partial charge on any atom is -0.434 e. The van der Waals surface area contributed by atoms with Crippen LogP contribution in [-0.2, 0) is 11.3 Å². The number of likely N-dealkylation sites (tertiary alicyclic amines) is 1. The topological polar surface area (TPSA) is 117 Å². The molecule has 2 saturated heterocycles. The summed E-state index contributed by atoms with van der Waals surface area (Å²) in [5.41, 5.74) is 5.93. The molecule has 49 heavy (non-hydrogen) atoms. The average molecular weight is 695 g/mol. The van der Waals surface area contributed by atoms with Crippen molar-refractivity contribution in [1.29, 1.82) is 0 Å². The number of piperidine rings is 1. The van der Waals surface area contributed by atoms with Crippen LogP contribution in [0.1, 0.15) is 43.5 Å². The van der Waals surface area contributed by atoms with E-state index in [-0.39, 0.29) is 16.6 Å². The number of anilines is 1. The van der Waals surface area contributed by atoms with Crippen molar-refractivity contribution in [3.8, 4) is 17.0 Å². The third-order valence-corrected chi connectivity index (χ3v) is 9.89. The number of thioether (sulfide) groups is 1. The molecular formula is C33H40F2N10O3S. The van der Waals surface area contributed by atoms with Crippen LogP contribution in [0.4, 0.5) is 14.5 Å². The Hall–Kier alpha value is -4.25. The quantitative estimate of drug-likeness (QED) is 0.213. The number of amides is 1. The van der Waals surface area contributed by atoms with Gasteiger partial charge in [-0.25, -0.2) is 9.50 Å². The van der Waals surface area contributed by atoms with Gasteiger partial charge >= 0.3 is 6.61 Å². The molecule has 0 saturated carbocycles. The van der Waals surface area contributed by atoms with E-state index >= 15 is 0 Å². The average Bonchev–Trinajstić information content (AvgIpc) is 3.89. The molecule has 0 spiro atoms. The third kappa shape index (κ3) is 7.37. The lowest BCUT2D eigenvalue weighted by atomic mass is 10.0. The summed E-state index contributed by atoms with van der Waals surface area (Å²) < 4.78 is 41.0. The Kier molecular flexibility index (Phi) is 9.71. The van der Waals surface area contributed by atoms with E-state index < -0.39 is 12.5 Å². The normalized spacial score (nSPS) is 19.3. The van der Waals surface area contributed by atoms with Crippen LogP contribution in [0, 0.1) is 0 Å². The van der Waals surface area contributed by atoms with Crippen LogP contribution in [-0.4, -0.2) is 103 Å². The Morgan fingerprint density at radius 2 is 2.04 bits per heavy atom. The molecule has 16 heteroatoms. The Bertz CT molecular complexity index is 1820. The molecule has 13 nitrogen and oxygen atoms in total. The number of carbonyl (C=O) groups is 1. The van der Waals surface area contributed by atoms with Gasteiger partial charge in [0, 0.05) is 79.3 Å². The molecule has 0 bridgehead atoms. The highest BCUT2D eigenvalue weighted by atomic mass is 32.2. The van der Waals surface area contributed by atoms with Crippen molar-refractivity contribution in [2.24, 2.45) is 0 Å². The molecule has 0 radical (unpaired) electrons. The molecule has 3 aliphatic heterocycles. The van der Waals surface area contributed by atoms with E-state index in [1.807, 2.05) is 12.2 Å². The maximum atomic E-state index is 13.6. The first kappa shape index (κ1) is 33.3. The molecule has 0 aliphatic carbocycles. The number of halogens is 2. The number of alkyl halides is 2. The summed E-state index contributed by atoms with van der Waals surface area (Å²) in [5, 5.41) is 16.5. The molecule has 1 atom stereocenters. The number of carbonyl (C=O) groups excluding carboxylic acids is 1. The van der Waals surface area contributed by atoms with Gasteiger partial charge in [0.1, 0.15) is 17.0 Å². The molecule has 1 amide bonds. The molecule has 2 fully saturated rings. The van der Waals surface area contributed by atoms with Crippen LogP contribution in [0.25, 0.3) is 16.9 Å². The van der Waals surface area contributed by atoms with Gasteiger partial charge < -0.3 is 20.2 Å². The SMILES string of the molecule is CC(C)Sc1ccc(OC(F)F)c(-c2nn(CC3=CN(C4CCN(C5CCOC5)CC4)N(C)N3)cc2NC(=O)c2cnn3cccnc23)c1. The zero-order chi connectivity index (χ0) is 34.1. The largest absolute Gasteiger partial charge is 0.434 e. The number of hydrogen-bond acceptors (Lipinski definition) is 11. The second kappa shape index (κ2) is 14.3. The lowest BCUT2D eigenvalue weighted by Crippen LogP contribution is -2.51. The summed E-state index contributed by atoms with van der Waals surface area (Å²) >= 11 is 1.58. The second-order valence-electron chi connectivity index (χ2n) is 12.6. The molecule has 260 valence electrons. The molecule has 1 aromatic carbocycles. The van der Waals surface area contributed by atoms with Gasteiger partial charge in [0.25, 0.3) is 5.91 Å². The Morgan fingerprint density at radius 1 is 1.20 bits per heavy atom. The van der Waals surface area contributed by atoms with Gasteiger partial charge in [-0.05, 0) is 43.5 Å². The van der Waals surface area contributed by atoms with Gasteiger partial charge in [0.05, 0.1) is 30.7 Å². The van der Waals surface area contributed by atoms with E-state index in [1.54, 1.807) is 53.2 Å². The zero-order valence-electron chi connectivity index (χ0n) is 27.6. The lowest BCUT2D eigenvalue weighted by molar-refractivity contribution is -0.0495. The van der Waals surface area contributed by atoms with Crippen molar-refractivity contribution in [2.75, 3.05) is 38.7 Å². The number of rotatable bonds is 11. The Labute approximate surface area is 287 Å². The van der Waals surface area contributed by atoms with Crippen LogP contribution in [0.15, 0.2) is 65.8 Å². The van der Waals surface area contributed by atoms with Crippen molar-refractivity contribution < 1.29 is 23.0 Å². The van der Waals surface area contributed by atoms with Crippen molar-refractivity contribution in [2.45, 2.75) is 68.5 Å². The van der Waals surface area contributed by atoms with Crippen LogP contribution in [0.3, 0.4) is 0 Å². The van der Waals surface area contributed by atoms with E-state index in [0.717, 1.165) is 56.2 Å². The van der Waals surface area contributed by atoms with E-state index in [2.05, 4.69) is 50.8 Å². The van der Waals surface area contributed by atoms with Gasteiger partial charge in [0.15, 0.2) is 5.65 Å². The van der Waals surface area contributed by atoms with Crippen LogP contribution >= 0.6 is 11.8 Å². The molecule has 2 N–H and O–H groups in total. The van der Waals surface area contributed by atoms with E-state index in [9.17, 15) is 13.6 Å². The molecule has 7 rings (SSSR count). The number of nitrogens with zero attached hydrogens (tertiary/aromatic N) is 8. The first-order chi connectivity index (χ1) is 23.7. The molecule has 1 unspecified atom stereocenters. The van der Waals surface area contributed by atoms with E-state index in [4.69, 9.17) is 14.6 Å². The van der Waals surface area contributed by atoms with E-state index in [0.29, 0.717) is 41.2 Å². The van der Waals surface area contributed by atoms with Gasteiger partial charge in [-0.2, -0.15) is 19.0 Å². The first-order valence-electron chi connectivity index (χ1n) is 16.5. The number of allylic oxidation sites excluding steroid dienone is 1. The molecule has 3 aliphatic rings. The molecule has 4 aromatic rings. The fraction of sp³-hybridized carbons (Fsp3) is 0.455. The predicted molar refractivity (Wildman–Crippen MR) is 181 cm³/mol. The highest BCUT2D eigenvalue weighted by Gasteiger charge is 2.33. The van der Waals surface area contributed by atoms with Crippen LogP contribution in [0.5, 0.6) is 5.75 Å². The first-order valence-corrected chi connectivity index (χ1v) is 17.3. The number of nitrogens with one attached hydrogen (secondary N) is 2. The van der Waals surface area contributed by atoms with Crippen molar-refractivity contribution >= 4 is 29.0 Å². The number of aromatic nitrogens is 5. The zero-order valence-corrected chi connectivity index (χ0v) is 28.4. The highest BCUT2D eigenvalue weighted by Crippen LogP contribution is 2.39. The number of benzene rings is 1. The lowest BCUT2D eigenvalue weighted by Gasteiger charge is -2.40. The van der Waals surface area contributed by atoms with Crippen molar-refractivity contribution in [1.82, 2.24) is 44.8 Å². The highest BCUT2D eigenvalue weighted by molar-refractivity contribution is 7.99. The minimum absolute atomic E-state index is 0.0406. The molecule has 6 heterocycles. The standard InChI is InChI=1S/C33H40F2N10O3S/c1-21(2)49-25-5-6-29(48-33(34)35)26(15-25)30-28(38-32(46)27-16-37-44-11-4-10-36-31(27)44)19-43(40-30)17-22-18-45(41(3)39-22)23-7-12-42(13-8-23)24-9-14-47-20-24/h4-6,10-11,15-16,18-19,21,23-24,33,39H,7-9,12-14,17,20H2,1-3H3,(H,38,46). The molecular weight excluding hydrogens is 654 g/mol. The second-order valence-corrected chi connectivity index (χ2v) is 14.3. The number of fused-ring (bicyclic) bond motifs is 1. The smallest absolute Gasteiger partial charge is 0.387 e. The number of hydrazine groups is 2. The van der Waals surface area contributed by atoms with Gasteiger partial charge in [0.2, 0.25) is 0 Å². The fourth-order valence-electron chi connectivity index (χ4n) is 6.68. The fourth-order valence-corrected chi connectivity index (χ4v) is 7.55. The van der Waals surface area contributed by atoms with Gasteiger partial charge in [-0.15, -0.1) is 16.9 Å². The molecule has 3 aromatic heterocycles. The summed E-state index contributed by atoms with van der Waals surface area (Å²) in [4.78, 5) is 21.3. The number of ether oxygens (including phenoxy) is 2. The monoisotopic (exact) mass is 694 g/mol. The van der Waals surface area contributed by atoms with Gasteiger partial charge in [-0.3, -0.25) is 19.4 Å². The predicted octanol–water partition coefficient (Wildman–Crippen LogP) is 4.71. The summed E-state index contributed by atoms with van der Waals surface area (Å²) in [5.74, 6) is -0.501. The van der Waals surface area contributed by atoms with Crippen LogP contribution < -0.4 is 15.5 Å². The van der Waals surface area contributed by atoms with Crippen molar-refractivity contribution in [3.05, 3.63) is 66.5 Å². The summed E-state index contributed by atoms with van der Waals surface area (Å²) in [6.07, 6.45) is 11.7. The Morgan fingerprint density at radius 3 is 2.80 bits per heavy atom. The van der Waals surface area contributed by atoms with Gasteiger partial charge in [-0.1, -0.05) is 13.8 Å². The van der Waals surface area contributed by atoms with Crippen LogP contribution in [0.2, 0.25) is 0 Å².